The van der Waals surface area contributed by atoms with Crippen molar-refractivity contribution in [2.24, 2.45) is 11.3 Å². The number of nitrogens with zero attached hydrogens (tertiary/aromatic N) is 1. The summed E-state index contributed by atoms with van der Waals surface area (Å²) < 4.78 is 6.89. The smallest absolute Gasteiger partial charge is 0.255 e. The highest BCUT2D eigenvalue weighted by molar-refractivity contribution is 9.10. The second kappa shape index (κ2) is 7.95. The van der Waals surface area contributed by atoms with E-state index in [4.69, 9.17) is 4.74 Å². The molecule has 2 amide bonds. The molecule has 3 rings (SSSR count). The molecule has 0 saturated heterocycles. The van der Waals surface area contributed by atoms with E-state index in [0.29, 0.717) is 29.5 Å². The standard InChI is InChI=1S/C22H25BrN2O3/c1-14(2)12-25-18-10-9-17(11-19(18)28-13-22(3,4)21(25)27)24-20(26)15-5-7-16(23)8-6-15/h5-11,14H,12-13H2,1-4H3,(H,24,26). The number of benzene rings is 2. The predicted octanol–water partition coefficient (Wildman–Crippen LogP) is 5.11. The quantitative estimate of drug-likeness (QED) is 0.712. The Hall–Kier alpha value is -2.34. The molecule has 0 saturated carbocycles. The van der Waals surface area contributed by atoms with Gasteiger partial charge in [-0.15, -0.1) is 0 Å². The molecule has 0 unspecified atom stereocenters. The summed E-state index contributed by atoms with van der Waals surface area (Å²) in [6.45, 7) is 8.85. The molecule has 28 heavy (non-hydrogen) atoms. The zero-order valence-electron chi connectivity index (χ0n) is 16.6. The Kier molecular flexibility index (Phi) is 5.79. The lowest BCUT2D eigenvalue weighted by Gasteiger charge is -2.29. The fourth-order valence-corrected chi connectivity index (χ4v) is 3.34. The van der Waals surface area contributed by atoms with E-state index in [2.05, 4.69) is 35.1 Å². The molecule has 0 radical (unpaired) electrons. The monoisotopic (exact) mass is 444 g/mol. The first-order valence-electron chi connectivity index (χ1n) is 9.33. The van der Waals surface area contributed by atoms with Crippen LogP contribution in [-0.4, -0.2) is 25.0 Å². The molecule has 1 aliphatic rings. The number of amides is 2. The number of halogens is 1. The molecule has 2 aromatic rings. The number of fused-ring (bicyclic) bond motifs is 1. The summed E-state index contributed by atoms with van der Waals surface area (Å²) >= 11 is 3.37. The summed E-state index contributed by atoms with van der Waals surface area (Å²) in [6.07, 6.45) is 0. The molecular formula is C22H25BrN2O3. The summed E-state index contributed by atoms with van der Waals surface area (Å²) in [4.78, 5) is 27.3. The maximum absolute atomic E-state index is 13.0. The third kappa shape index (κ3) is 4.38. The first-order valence-corrected chi connectivity index (χ1v) is 10.1. The first-order chi connectivity index (χ1) is 13.2. The Labute approximate surface area is 174 Å². The second-order valence-corrected chi connectivity index (χ2v) is 9.04. The summed E-state index contributed by atoms with van der Waals surface area (Å²) in [5.74, 6) is 0.777. The molecular weight excluding hydrogens is 420 g/mol. The highest BCUT2D eigenvalue weighted by atomic mass is 79.9. The molecule has 148 valence electrons. The molecule has 2 aromatic carbocycles. The van der Waals surface area contributed by atoms with Crippen molar-refractivity contribution in [3.05, 3.63) is 52.5 Å². The van der Waals surface area contributed by atoms with Crippen LogP contribution in [0.15, 0.2) is 46.9 Å². The molecule has 1 N–H and O–H groups in total. The van der Waals surface area contributed by atoms with Crippen LogP contribution in [0.5, 0.6) is 5.75 Å². The molecule has 0 aliphatic carbocycles. The topological polar surface area (TPSA) is 58.6 Å². The molecule has 1 heterocycles. The van der Waals surface area contributed by atoms with Gasteiger partial charge in [0.15, 0.2) is 0 Å². The van der Waals surface area contributed by atoms with E-state index >= 15 is 0 Å². The summed E-state index contributed by atoms with van der Waals surface area (Å²) in [5, 5.41) is 2.90. The van der Waals surface area contributed by atoms with Gasteiger partial charge in [0, 0.05) is 28.3 Å². The van der Waals surface area contributed by atoms with Gasteiger partial charge in [-0.05, 0) is 56.2 Å². The van der Waals surface area contributed by atoms with Crippen molar-refractivity contribution in [2.75, 3.05) is 23.4 Å². The van der Waals surface area contributed by atoms with E-state index in [9.17, 15) is 9.59 Å². The maximum atomic E-state index is 13.0. The van der Waals surface area contributed by atoms with Crippen LogP contribution in [0, 0.1) is 11.3 Å². The lowest BCUT2D eigenvalue weighted by molar-refractivity contribution is -0.127. The average Bonchev–Trinajstić information content (AvgIpc) is 2.72. The molecule has 5 nitrogen and oxygen atoms in total. The van der Waals surface area contributed by atoms with E-state index in [-0.39, 0.29) is 18.4 Å². The van der Waals surface area contributed by atoms with Gasteiger partial charge in [-0.25, -0.2) is 0 Å². The predicted molar refractivity (Wildman–Crippen MR) is 115 cm³/mol. The van der Waals surface area contributed by atoms with Gasteiger partial charge in [0.1, 0.15) is 12.4 Å². The van der Waals surface area contributed by atoms with Crippen LogP contribution < -0.4 is 15.0 Å². The third-order valence-electron chi connectivity index (χ3n) is 4.58. The van der Waals surface area contributed by atoms with Crippen LogP contribution in [0.2, 0.25) is 0 Å². The van der Waals surface area contributed by atoms with E-state index in [1.54, 1.807) is 29.2 Å². The number of nitrogens with one attached hydrogen (secondary N) is 1. The van der Waals surface area contributed by atoms with Crippen LogP contribution in [0.4, 0.5) is 11.4 Å². The Balaban J connectivity index is 1.89. The van der Waals surface area contributed by atoms with Gasteiger partial charge in [-0.2, -0.15) is 0 Å². The van der Waals surface area contributed by atoms with Gasteiger partial charge in [-0.3, -0.25) is 9.59 Å². The minimum Gasteiger partial charge on any atom is -0.490 e. The van der Waals surface area contributed by atoms with E-state index in [0.717, 1.165) is 10.2 Å². The van der Waals surface area contributed by atoms with E-state index in [1.165, 1.54) is 0 Å². The lowest BCUT2D eigenvalue weighted by Crippen LogP contribution is -2.43. The highest BCUT2D eigenvalue weighted by Crippen LogP contribution is 2.38. The molecule has 6 heteroatoms. The number of carbonyl (C=O) groups is 2. The fraction of sp³-hybridized carbons (Fsp3) is 0.364. The Bertz CT molecular complexity index is 891. The number of ether oxygens (including phenoxy) is 1. The lowest BCUT2D eigenvalue weighted by atomic mass is 9.92. The fourth-order valence-electron chi connectivity index (χ4n) is 3.08. The number of anilines is 2. The van der Waals surface area contributed by atoms with Gasteiger partial charge in [0.25, 0.3) is 5.91 Å². The summed E-state index contributed by atoms with van der Waals surface area (Å²) in [6, 6.07) is 12.6. The first kappa shape index (κ1) is 20.4. The minimum absolute atomic E-state index is 0.0478. The minimum atomic E-state index is -0.616. The van der Waals surface area contributed by atoms with Crippen LogP contribution in [0.3, 0.4) is 0 Å². The van der Waals surface area contributed by atoms with E-state index < -0.39 is 5.41 Å². The molecule has 0 aromatic heterocycles. The Morgan fingerprint density at radius 2 is 1.89 bits per heavy atom. The number of hydrogen-bond acceptors (Lipinski definition) is 3. The van der Waals surface area contributed by atoms with Gasteiger partial charge < -0.3 is 15.0 Å². The van der Waals surface area contributed by atoms with Crippen LogP contribution in [0.1, 0.15) is 38.1 Å². The zero-order valence-corrected chi connectivity index (χ0v) is 18.2. The van der Waals surface area contributed by atoms with Crippen molar-refractivity contribution in [3.8, 4) is 5.75 Å². The van der Waals surface area contributed by atoms with Crippen molar-refractivity contribution in [1.82, 2.24) is 0 Å². The molecule has 0 bridgehead atoms. The van der Waals surface area contributed by atoms with Crippen molar-refractivity contribution >= 4 is 39.1 Å². The highest BCUT2D eigenvalue weighted by Gasteiger charge is 2.38. The summed E-state index contributed by atoms with van der Waals surface area (Å²) in [5.41, 5.74) is 1.32. The maximum Gasteiger partial charge on any atom is 0.255 e. The Morgan fingerprint density at radius 3 is 2.54 bits per heavy atom. The summed E-state index contributed by atoms with van der Waals surface area (Å²) in [7, 11) is 0. The van der Waals surface area contributed by atoms with Gasteiger partial charge in [0.2, 0.25) is 5.91 Å². The number of carbonyl (C=O) groups excluding carboxylic acids is 2. The van der Waals surface area contributed by atoms with Crippen LogP contribution >= 0.6 is 15.9 Å². The van der Waals surface area contributed by atoms with Gasteiger partial charge in [-0.1, -0.05) is 29.8 Å². The second-order valence-electron chi connectivity index (χ2n) is 8.13. The number of rotatable bonds is 4. The zero-order chi connectivity index (χ0) is 20.5. The van der Waals surface area contributed by atoms with Gasteiger partial charge in [0.05, 0.1) is 11.1 Å². The molecule has 0 spiro atoms. The third-order valence-corrected chi connectivity index (χ3v) is 5.10. The van der Waals surface area contributed by atoms with Crippen molar-refractivity contribution in [1.29, 1.82) is 0 Å². The van der Waals surface area contributed by atoms with Gasteiger partial charge >= 0.3 is 0 Å². The van der Waals surface area contributed by atoms with Crippen LogP contribution in [0.25, 0.3) is 0 Å². The normalized spacial score (nSPS) is 15.6. The number of hydrogen-bond donors (Lipinski definition) is 1. The van der Waals surface area contributed by atoms with Crippen molar-refractivity contribution < 1.29 is 14.3 Å². The molecule has 0 atom stereocenters. The largest absolute Gasteiger partial charge is 0.490 e. The van der Waals surface area contributed by atoms with E-state index in [1.807, 2.05) is 32.0 Å². The SMILES string of the molecule is CC(C)CN1C(=O)C(C)(C)COc2cc(NC(=O)c3ccc(Br)cc3)ccc21. The molecule has 0 fully saturated rings. The molecule has 1 aliphatic heterocycles. The Morgan fingerprint density at radius 1 is 1.21 bits per heavy atom. The van der Waals surface area contributed by atoms with Crippen LogP contribution in [-0.2, 0) is 4.79 Å². The van der Waals surface area contributed by atoms with Crippen molar-refractivity contribution in [2.45, 2.75) is 27.7 Å². The average molecular weight is 445 g/mol. The van der Waals surface area contributed by atoms with Crippen molar-refractivity contribution in [3.63, 3.8) is 0 Å².